The van der Waals surface area contributed by atoms with Gasteiger partial charge in [-0.3, -0.25) is 0 Å². The Labute approximate surface area is 122 Å². The van der Waals surface area contributed by atoms with Crippen molar-refractivity contribution in [3.05, 3.63) is 83.4 Å². The molecule has 0 aliphatic carbocycles. The van der Waals surface area contributed by atoms with E-state index in [2.05, 4.69) is 89.6 Å². The lowest BCUT2D eigenvalue weighted by molar-refractivity contribution is 1.16. The summed E-state index contributed by atoms with van der Waals surface area (Å²) in [6, 6.07) is 23.5. The van der Waals surface area contributed by atoms with E-state index in [1.165, 1.54) is 27.5 Å². The zero-order valence-electron chi connectivity index (χ0n) is 10.8. The normalized spacial score (nSPS) is 12.5. The minimum absolute atomic E-state index is 0.236. The summed E-state index contributed by atoms with van der Waals surface area (Å²) in [5.74, 6) is 0. The molecule has 1 atom stereocenters. The third-order valence-electron chi connectivity index (χ3n) is 3.53. The van der Waals surface area contributed by atoms with Crippen molar-refractivity contribution < 1.29 is 0 Å². The van der Waals surface area contributed by atoms with Crippen LogP contribution in [0.25, 0.3) is 10.8 Å². The molecule has 0 heterocycles. The Bertz CT molecular complexity index is 701. The summed E-state index contributed by atoms with van der Waals surface area (Å²) in [7, 11) is 0. The molecule has 3 rings (SSSR count). The zero-order valence-corrected chi connectivity index (χ0v) is 12.4. The molecule has 1 unspecified atom stereocenters. The van der Waals surface area contributed by atoms with Crippen molar-refractivity contribution in [2.45, 2.75) is 11.8 Å². The highest BCUT2D eigenvalue weighted by Crippen LogP contribution is 2.37. The molecule has 1 heteroatoms. The highest BCUT2D eigenvalue weighted by molar-refractivity contribution is 9.09. The van der Waals surface area contributed by atoms with Gasteiger partial charge in [0, 0.05) is 0 Å². The van der Waals surface area contributed by atoms with Gasteiger partial charge in [-0.1, -0.05) is 82.7 Å². The highest BCUT2D eigenvalue weighted by atomic mass is 79.9. The molecule has 0 saturated carbocycles. The van der Waals surface area contributed by atoms with Crippen molar-refractivity contribution in [2.24, 2.45) is 0 Å². The molecule has 0 nitrogen and oxygen atoms in total. The summed E-state index contributed by atoms with van der Waals surface area (Å²) in [6.45, 7) is 2.18. The van der Waals surface area contributed by atoms with E-state index >= 15 is 0 Å². The lowest BCUT2D eigenvalue weighted by Gasteiger charge is -2.16. The maximum Gasteiger partial charge on any atom is 0.0653 e. The van der Waals surface area contributed by atoms with Crippen LogP contribution in [-0.2, 0) is 0 Å². The van der Waals surface area contributed by atoms with Gasteiger partial charge in [-0.05, 0) is 34.4 Å². The molecule has 94 valence electrons. The maximum absolute atomic E-state index is 3.87. The molecule has 19 heavy (non-hydrogen) atoms. The van der Waals surface area contributed by atoms with Gasteiger partial charge in [-0.15, -0.1) is 0 Å². The van der Waals surface area contributed by atoms with Gasteiger partial charge in [0.25, 0.3) is 0 Å². The fourth-order valence-corrected chi connectivity index (χ4v) is 3.44. The second-order valence-corrected chi connectivity index (χ2v) is 5.71. The summed E-state index contributed by atoms with van der Waals surface area (Å²) in [4.78, 5) is 0.236. The van der Waals surface area contributed by atoms with Crippen LogP contribution in [0.1, 0.15) is 21.5 Å². The van der Waals surface area contributed by atoms with Gasteiger partial charge < -0.3 is 0 Å². The molecule has 0 aliphatic heterocycles. The molecule has 3 aromatic carbocycles. The van der Waals surface area contributed by atoms with Crippen LogP contribution >= 0.6 is 15.9 Å². The van der Waals surface area contributed by atoms with E-state index in [0.29, 0.717) is 0 Å². The molecule has 0 amide bonds. The van der Waals surface area contributed by atoms with Crippen LogP contribution in [0, 0.1) is 6.92 Å². The number of aryl methyl sites for hydroxylation is 1. The predicted molar refractivity (Wildman–Crippen MR) is 85.9 cm³/mol. The van der Waals surface area contributed by atoms with E-state index < -0.39 is 0 Å². The summed E-state index contributed by atoms with van der Waals surface area (Å²) in [5.41, 5.74) is 3.98. The molecule has 0 radical (unpaired) electrons. The monoisotopic (exact) mass is 310 g/mol. The van der Waals surface area contributed by atoms with E-state index in [9.17, 15) is 0 Å². The van der Waals surface area contributed by atoms with Crippen LogP contribution in [-0.4, -0.2) is 0 Å². The standard InChI is InChI=1S/C18H15Br/c1-13-11-12-14-7-5-6-10-16(14)17(13)18(19)15-8-3-2-4-9-15/h2-12,18H,1H3. The van der Waals surface area contributed by atoms with Crippen LogP contribution in [0.15, 0.2) is 66.7 Å². The largest absolute Gasteiger partial charge is 0.0786 e. The molecule has 0 bridgehead atoms. The Morgan fingerprint density at radius 2 is 1.47 bits per heavy atom. The molecular weight excluding hydrogens is 296 g/mol. The predicted octanol–water partition coefficient (Wildman–Crippen LogP) is 5.63. The van der Waals surface area contributed by atoms with Gasteiger partial charge in [-0.25, -0.2) is 0 Å². The summed E-state index contributed by atoms with van der Waals surface area (Å²) < 4.78 is 0. The topological polar surface area (TPSA) is 0 Å². The van der Waals surface area contributed by atoms with Gasteiger partial charge >= 0.3 is 0 Å². The molecule has 0 fully saturated rings. The first-order chi connectivity index (χ1) is 9.27. The molecule has 0 aromatic heterocycles. The number of fused-ring (bicyclic) bond motifs is 1. The Balaban J connectivity index is 2.22. The van der Waals surface area contributed by atoms with Gasteiger partial charge in [0.1, 0.15) is 0 Å². The van der Waals surface area contributed by atoms with Crippen molar-refractivity contribution in [1.82, 2.24) is 0 Å². The van der Waals surface area contributed by atoms with Crippen LogP contribution < -0.4 is 0 Å². The van der Waals surface area contributed by atoms with Crippen LogP contribution in [0.5, 0.6) is 0 Å². The highest BCUT2D eigenvalue weighted by Gasteiger charge is 2.15. The summed E-state index contributed by atoms with van der Waals surface area (Å²) in [6.07, 6.45) is 0. The van der Waals surface area contributed by atoms with Crippen LogP contribution in [0.2, 0.25) is 0 Å². The lowest BCUT2D eigenvalue weighted by Crippen LogP contribution is -1.97. The smallest absolute Gasteiger partial charge is 0.0653 e. The van der Waals surface area contributed by atoms with Crippen molar-refractivity contribution in [3.8, 4) is 0 Å². The van der Waals surface area contributed by atoms with E-state index in [4.69, 9.17) is 0 Å². The fourth-order valence-electron chi connectivity index (χ4n) is 2.53. The zero-order chi connectivity index (χ0) is 13.2. The molecule has 0 N–H and O–H groups in total. The van der Waals surface area contributed by atoms with Crippen molar-refractivity contribution in [2.75, 3.05) is 0 Å². The minimum atomic E-state index is 0.236. The average molecular weight is 311 g/mol. The third kappa shape index (κ3) is 2.31. The number of alkyl halides is 1. The van der Waals surface area contributed by atoms with Gasteiger partial charge in [-0.2, -0.15) is 0 Å². The third-order valence-corrected chi connectivity index (χ3v) is 4.52. The molecular formula is C18H15Br. The summed E-state index contributed by atoms with van der Waals surface area (Å²) in [5, 5.41) is 2.62. The number of halogens is 1. The second kappa shape index (κ2) is 5.18. The van der Waals surface area contributed by atoms with Crippen molar-refractivity contribution >= 4 is 26.7 Å². The molecule has 0 saturated heterocycles. The SMILES string of the molecule is Cc1ccc2ccccc2c1C(Br)c1ccccc1. The van der Waals surface area contributed by atoms with Gasteiger partial charge in [0.15, 0.2) is 0 Å². The van der Waals surface area contributed by atoms with Gasteiger partial charge in [0.2, 0.25) is 0 Å². The Hall–Kier alpha value is -1.60. The maximum atomic E-state index is 3.87. The van der Waals surface area contributed by atoms with Crippen LogP contribution in [0.4, 0.5) is 0 Å². The Kier molecular flexibility index (Phi) is 3.39. The Morgan fingerprint density at radius 3 is 2.26 bits per heavy atom. The first-order valence-electron chi connectivity index (χ1n) is 6.44. The quantitative estimate of drug-likeness (QED) is 0.538. The van der Waals surface area contributed by atoms with Crippen molar-refractivity contribution in [1.29, 1.82) is 0 Å². The van der Waals surface area contributed by atoms with Gasteiger partial charge in [0.05, 0.1) is 4.83 Å². The van der Waals surface area contributed by atoms with E-state index in [1.54, 1.807) is 0 Å². The lowest BCUT2D eigenvalue weighted by atomic mass is 9.94. The number of hydrogen-bond acceptors (Lipinski definition) is 0. The van der Waals surface area contributed by atoms with Crippen molar-refractivity contribution in [3.63, 3.8) is 0 Å². The average Bonchev–Trinajstić information content (AvgIpc) is 2.47. The molecule has 0 aliphatic rings. The molecule has 0 spiro atoms. The molecule has 3 aromatic rings. The summed E-state index contributed by atoms with van der Waals surface area (Å²) >= 11 is 3.87. The Morgan fingerprint density at radius 1 is 0.789 bits per heavy atom. The van der Waals surface area contributed by atoms with E-state index in [0.717, 1.165) is 0 Å². The minimum Gasteiger partial charge on any atom is -0.0786 e. The number of rotatable bonds is 2. The van der Waals surface area contributed by atoms with E-state index in [1.807, 2.05) is 0 Å². The second-order valence-electron chi connectivity index (χ2n) is 4.79. The van der Waals surface area contributed by atoms with Crippen LogP contribution in [0.3, 0.4) is 0 Å². The first-order valence-corrected chi connectivity index (χ1v) is 7.36. The van der Waals surface area contributed by atoms with E-state index in [-0.39, 0.29) is 4.83 Å². The fraction of sp³-hybridized carbons (Fsp3) is 0.111. The number of benzene rings is 3. The first kappa shape index (κ1) is 12.4. The number of hydrogen-bond donors (Lipinski definition) is 0.